The fraction of sp³-hybridized carbons (Fsp3) is 0.0588. The Kier molecular flexibility index (Phi) is 3.79. The lowest BCUT2D eigenvalue weighted by Gasteiger charge is -2.05. The molecule has 1 heterocycles. The molecule has 104 valence electrons. The number of aromatic nitrogens is 1. The standard InChI is InChI=1S/C17H14N2OS/c1-12-18-16(11-21-12)13-7-9-14(10-8-13)17(20)19-15-5-3-2-4-6-15/h2-11H,1H3,(H,19,20). The Balaban J connectivity index is 1.76. The van der Waals surface area contributed by atoms with Gasteiger partial charge in [0.2, 0.25) is 0 Å². The Hall–Kier alpha value is -2.46. The molecule has 1 amide bonds. The Morgan fingerprint density at radius 1 is 1.05 bits per heavy atom. The SMILES string of the molecule is Cc1nc(-c2ccc(C(=O)Nc3ccccc3)cc2)cs1. The van der Waals surface area contributed by atoms with E-state index in [4.69, 9.17) is 0 Å². The number of carbonyl (C=O) groups excluding carboxylic acids is 1. The molecule has 0 unspecified atom stereocenters. The molecule has 0 saturated carbocycles. The van der Waals surface area contributed by atoms with Crippen LogP contribution >= 0.6 is 11.3 Å². The van der Waals surface area contributed by atoms with E-state index in [1.165, 1.54) is 0 Å². The average Bonchev–Trinajstić information content (AvgIpc) is 2.95. The first-order chi connectivity index (χ1) is 10.2. The van der Waals surface area contributed by atoms with Gasteiger partial charge in [-0.05, 0) is 31.2 Å². The van der Waals surface area contributed by atoms with E-state index in [1.807, 2.05) is 66.9 Å². The molecule has 0 aliphatic rings. The molecule has 1 aromatic heterocycles. The minimum absolute atomic E-state index is 0.109. The zero-order valence-corrected chi connectivity index (χ0v) is 12.4. The molecule has 0 aliphatic carbocycles. The van der Waals surface area contributed by atoms with Crippen molar-refractivity contribution in [2.45, 2.75) is 6.92 Å². The summed E-state index contributed by atoms with van der Waals surface area (Å²) in [5.74, 6) is -0.109. The summed E-state index contributed by atoms with van der Waals surface area (Å²) in [5.41, 5.74) is 3.40. The summed E-state index contributed by atoms with van der Waals surface area (Å²) in [5, 5.41) is 5.93. The van der Waals surface area contributed by atoms with Gasteiger partial charge in [-0.1, -0.05) is 30.3 Å². The van der Waals surface area contributed by atoms with E-state index in [-0.39, 0.29) is 5.91 Å². The number of thiazole rings is 1. The number of anilines is 1. The minimum Gasteiger partial charge on any atom is -0.322 e. The van der Waals surface area contributed by atoms with Gasteiger partial charge in [-0.25, -0.2) is 4.98 Å². The Morgan fingerprint density at radius 2 is 1.76 bits per heavy atom. The van der Waals surface area contributed by atoms with Gasteiger partial charge in [0.1, 0.15) is 0 Å². The third kappa shape index (κ3) is 3.17. The molecule has 3 aromatic rings. The second kappa shape index (κ2) is 5.89. The van der Waals surface area contributed by atoms with Gasteiger partial charge in [-0.3, -0.25) is 4.79 Å². The van der Waals surface area contributed by atoms with Crippen molar-refractivity contribution in [3.05, 3.63) is 70.5 Å². The van der Waals surface area contributed by atoms with Crippen molar-refractivity contribution >= 4 is 22.9 Å². The maximum atomic E-state index is 12.1. The second-order valence-corrected chi connectivity index (χ2v) is 5.71. The third-order valence-corrected chi connectivity index (χ3v) is 3.87. The van der Waals surface area contributed by atoms with Gasteiger partial charge >= 0.3 is 0 Å². The number of para-hydroxylation sites is 1. The normalized spacial score (nSPS) is 10.3. The van der Waals surface area contributed by atoms with Crippen LogP contribution in [0.2, 0.25) is 0 Å². The summed E-state index contributed by atoms with van der Waals surface area (Å²) in [6.07, 6.45) is 0. The summed E-state index contributed by atoms with van der Waals surface area (Å²) >= 11 is 1.62. The van der Waals surface area contributed by atoms with Crippen molar-refractivity contribution in [1.29, 1.82) is 0 Å². The number of hydrogen-bond acceptors (Lipinski definition) is 3. The van der Waals surface area contributed by atoms with Gasteiger partial charge in [0.05, 0.1) is 10.7 Å². The summed E-state index contributed by atoms with van der Waals surface area (Å²) in [4.78, 5) is 16.6. The van der Waals surface area contributed by atoms with Crippen LogP contribution in [0.5, 0.6) is 0 Å². The topological polar surface area (TPSA) is 42.0 Å². The highest BCUT2D eigenvalue weighted by molar-refractivity contribution is 7.09. The molecule has 0 saturated heterocycles. The van der Waals surface area contributed by atoms with Gasteiger partial charge in [-0.15, -0.1) is 11.3 Å². The van der Waals surface area contributed by atoms with Crippen LogP contribution in [-0.4, -0.2) is 10.9 Å². The number of carbonyl (C=O) groups is 1. The zero-order chi connectivity index (χ0) is 14.7. The van der Waals surface area contributed by atoms with Crippen LogP contribution in [0.25, 0.3) is 11.3 Å². The number of nitrogens with one attached hydrogen (secondary N) is 1. The molecule has 3 rings (SSSR count). The Labute approximate surface area is 127 Å². The fourth-order valence-corrected chi connectivity index (χ4v) is 2.64. The molecule has 0 fully saturated rings. The van der Waals surface area contributed by atoms with Crippen molar-refractivity contribution in [3.8, 4) is 11.3 Å². The maximum Gasteiger partial charge on any atom is 0.255 e. The molecule has 0 aliphatic heterocycles. The van der Waals surface area contributed by atoms with E-state index in [2.05, 4.69) is 10.3 Å². The number of rotatable bonds is 3. The average molecular weight is 294 g/mol. The zero-order valence-electron chi connectivity index (χ0n) is 11.5. The van der Waals surface area contributed by atoms with Gasteiger partial charge < -0.3 is 5.32 Å². The van der Waals surface area contributed by atoms with Gasteiger partial charge in [0.15, 0.2) is 0 Å². The smallest absolute Gasteiger partial charge is 0.255 e. The summed E-state index contributed by atoms with van der Waals surface area (Å²) in [6, 6.07) is 16.9. The van der Waals surface area contributed by atoms with E-state index in [9.17, 15) is 4.79 Å². The number of hydrogen-bond donors (Lipinski definition) is 1. The van der Waals surface area contributed by atoms with E-state index in [0.29, 0.717) is 5.56 Å². The lowest BCUT2D eigenvalue weighted by atomic mass is 10.1. The first-order valence-corrected chi connectivity index (χ1v) is 7.49. The third-order valence-electron chi connectivity index (χ3n) is 3.09. The van der Waals surface area contributed by atoms with Crippen LogP contribution in [-0.2, 0) is 0 Å². The number of nitrogens with zero attached hydrogens (tertiary/aromatic N) is 1. The highest BCUT2D eigenvalue weighted by Crippen LogP contribution is 2.22. The van der Waals surface area contributed by atoms with Gasteiger partial charge in [0, 0.05) is 22.2 Å². The number of aryl methyl sites for hydroxylation is 1. The summed E-state index contributed by atoms with van der Waals surface area (Å²) < 4.78 is 0. The van der Waals surface area contributed by atoms with Gasteiger partial charge in [-0.2, -0.15) is 0 Å². The molecular formula is C17H14N2OS. The van der Waals surface area contributed by atoms with E-state index in [0.717, 1.165) is 22.0 Å². The van der Waals surface area contributed by atoms with E-state index >= 15 is 0 Å². The predicted molar refractivity (Wildman–Crippen MR) is 86.7 cm³/mol. The fourth-order valence-electron chi connectivity index (χ4n) is 2.01. The van der Waals surface area contributed by atoms with E-state index in [1.54, 1.807) is 11.3 Å². The highest BCUT2D eigenvalue weighted by atomic mass is 32.1. The lowest BCUT2D eigenvalue weighted by Crippen LogP contribution is -2.11. The molecule has 0 atom stereocenters. The van der Waals surface area contributed by atoms with Crippen molar-refractivity contribution in [3.63, 3.8) is 0 Å². The maximum absolute atomic E-state index is 12.1. The monoisotopic (exact) mass is 294 g/mol. The van der Waals surface area contributed by atoms with Crippen LogP contribution in [0.4, 0.5) is 5.69 Å². The quantitative estimate of drug-likeness (QED) is 0.779. The molecule has 3 nitrogen and oxygen atoms in total. The molecule has 1 N–H and O–H groups in total. The Morgan fingerprint density at radius 3 is 2.38 bits per heavy atom. The van der Waals surface area contributed by atoms with Crippen LogP contribution in [0.1, 0.15) is 15.4 Å². The predicted octanol–water partition coefficient (Wildman–Crippen LogP) is 4.37. The lowest BCUT2D eigenvalue weighted by molar-refractivity contribution is 0.102. The first-order valence-electron chi connectivity index (χ1n) is 6.61. The van der Waals surface area contributed by atoms with Crippen molar-refractivity contribution in [2.75, 3.05) is 5.32 Å². The molecule has 4 heteroatoms. The van der Waals surface area contributed by atoms with Crippen LogP contribution in [0.3, 0.4) is 0 Å². The van der Waals surface area contributed by atoms with Gasteiger partial charge in [0.25, 0.3) is 5.91 Å². The van der Waals surface area contributed by atoms with Crippen molar-refractivity contribution < 1.29 is 4.79 Å². The Bertz CT molecular complexity index is 748. The molecule has 0 spiro atoms. The van der Waals surface area contributed by atoms with Crippen LogP contribution < -0.4 is 5.32 Å². The number of benzene rings is 2. The van der Waals surface area contributed by atoms with E-state index < -0.39 is 0 Å². The second-order valence-electron chi connectivity index (χ2n) is 4.65. The molecular weight excluding hydrogens is 280 g/mol. The highest BCUT2D eigenvalue weighted by Gasteiger charge is 2.07. The minimum atomic E-state index is -0.109. The summed E-state index contributed by atoms with van der Waals surface area (Å²) in [7, 11) is 0. The summed E-state index contributed by atoms with van der Waals surface area (Å²) in [6.45, 7) is 1.98. The molecule has 2 aromatic carbocycles. The van der Waals surface area contributed by atoms with Crippen LogP contribution in [0, 0.1) is 6.92 Å². The largest absolute Gasteiger partial charge is 0.322 e. The number of amides is 1. The first kappa shape index (κ1) is 13.5. The van der Waals surface area contributed by atoms with Crippen molar-refractivity contribution in [1.82, 2.24) is 4.98 Å². The molecule has 0 bridgehead atoms. The molecule has 0 radical (unpaired) electrons. The van der Waals surface area contributed by atoms with Crippen LogP contribution in [0.15, 0.2) is 60.0 Å². The molecule has 21 heavy (non-hydrogen) atoms. The van der Waals surface area contributed by atoms with Crippen molar-refractivity contribution in [2.24, 2.45) is 0 Å².